The molecule has 1 N–H and O–H groups in total. The van der Waals surface area contributed by atoms with Gasteiger partial charge >= 0.3 is 0 Å². The number of nitrogens with zero attached hydrogens (tertiary/aromatic N) is 1. The Bertz CT molecular complexity index is 407. The van der Waals surface area contributed by atoms with Crippen molar-refractivity contribution in [2.45, 2.75) is 33.2 Å². The number of hydrogen-bond acceptors (Lipinski definition) is 2. The van der Waals surface area contributed by atoms with Gasteiger partial charge in [0.2, 0.25) is 0 Å². The van der Waals surface area contributed by atoms with Crippen LogP contribution in [0.3, 0.4) is 0 Å². The third-order valence-corrected chi connectivity index (χ3v) is 2.87. The van der Waals surface area contributed by atoms with Crippen LogP contribution in [0, 0.1) is 22.6 Å². The number of benzene rings is 1. The third-order valence-electron chi connectivity index (χ3n) is 2.87. The summed E-state index contributed by atoms with van der Waals surface area (Å²) in [7, 11) is 0. The topological polar surface area (TPSA) is 35.8 Å². The molecule has 0 aromatic heterocycles. The van der Waals surface area contributed by atoms with Crippen molar-refractivity contribution in [2.24, 2.45) is 5.41 Å². The first kappa shape index (κ1) is 13.7. The molecule has 3 heteroatoms. The number of rotatable bonds is 5. The molecule has 0 aliphatic rings. The maximum atomic E-state index is 13.5. The van der Waals surface area contributed by atoms with Crippen molar-refractivity contribution in [3.05, 3.63) is 35.6 Å². The molecule has 1 rings (SSSR count). The SMILES string of the molecule is CC(NCCC(C)(C)C#N)c1ccccc1F. The Morgan fingerprint density at radius 1 is 1.41 bits per heavy atom. The fourth-order valence-electron chi connectivity index (χ4n) is 1.59. The minimum absolute atomic E-state index is 0.0364. The zero-order valence-corrected chi connectivity index (χ0v) is 10.6. The van der Waals surface area contributed by atoms with E-state index in [0.29, 0.717) is 12.1 Å². The van der Waals surface area contributed by atoms with Crippen molar-refractivity contribution in [1.29, 1.82) is 5.26 Å². The summed E-state index contributed by atoms with van der Waals surface area (Å²) in [5.41, 5.74) is 0.337. The van der Waals surface area contributed by atoms with E-state index in [1.54, 1.807) is 12.1 Å². The molecule has 0 radical (unpaired) electrons. The Hall–Kier alpha value is -1.40. The minimum atomic E-state index is -0.331. The standard InChI is InChI=1S/C14H19FN2/c1-11(12-6-4-5-7-13(12)15)17-9-8-14(2,3)10-16/h4-7,11,17H,8-9H2,1-3H3. The molecule has 0 aliphatic heterocycles. The summed E-state index contributed by atoms with van der Waals surface area (Å²) in [5.74, 6) is -0.188. The molecule has 0 bridgehead atoms. The van der Waals surface area contributed by atoms with Gasteiger partial charge in [-0.15, -0.1) is 0 Å². The van der Waals surface area contributed by atoms with Gasteiger partial charge in [-0.05, 0) is 39.8 Å². The van der Waals surface area contributed by atoms with Crippen LogP contribution in [0.2, 0.25) is 0 Å². The molecule has 0 aliphatic carbocycles. The Morgan fingerprint density at radius 2 is 2.06 bits per heavy atom. The van der Waals surface area contributed by atoms with Gasteiger partial charge in [0.15, 0.2) is 0 Å². The largest absolute Gasteiger partial charge is 0.310 e. The Morgan fingerprint density at radius 3 is 2.65 bits per heavy atom. The number of nitrogens with one attached hydrogen (secondary N) is 1. The lowest BCUT2D eigenvalue weighted by atomic mass is 9.91. The quantitative estimate of drug-likeness (QED) is 0.847. The Balaban J connectivity index is 2.49. The van der Waals surface area contributed by atoms with Crippen molar-refractivity contribution >= 4 is 0 Å². The van der Waals surface area contributed by atoms with E-state index in [9.17, 15) is 4.39 Å². The van der Waals surface area contributed by atoms with E-state index >= 15 is 0 Å². The molecule has 0 saturated heterocycles. The van der Waals surface area contributed by atoms with Gasteiger partial charge in [0.05, 0.1) is 11.5 Å². The van der Waals surface area contributed by atoms with Crippen LogP contribution in [0.5, 0.6) is 0 Å². The molecule has 1 aromatic rings. The average Bonchev–Trinajstić information content (AvgIpc) is 2.29. The van der Waals surface area contributed by atoms with Gasteiger partial charge in [-0.1, -0.05) is 18.2 Å². The molecule has 0 fully saturated rings. The highest BCUT2D eigenvalue weighted by molar-refractivity contribution is 5.20. The lowest BCUT2D eigenvalue weighted by Gasteiger charge is -2.19. The number of nitriles is 1. The van der Waals surface area contributed by atoms with Crippen molar-refractivity contribution in [3.8, 4) is 6.07 Å². The van der Waals surface area contributed by atoms with Crippen molar-refractivity contribution in [1.82, 2.24) is 5.32 Å². The van der Waals surface area contributed by atoms with E-state index in [4.69, 9.17) is 5.26 Å². The van der Waals surface area contributed by atoms with Crippen molar-refractivity contribution < 1.29 is 4.39 Å². The predicted molar refractivity (Wildman–Crippen MR) is 66.8 cm³/mol. The molecule has 2 nitrogen and oxygen atoms in total. The van der Waals surface area contributed by atoms with Crippen LogP contribution in [0.1, 0.15) is 38.8 Å². The Kier molecular flexibility index (Phi) is 4.65. The van der Waals surface area contributed by atoms with Crippen molar-refractivity contribution in [3.63, 3.8) is 0 Å². The van der Waals surface area contributed by atoms with Gasteiger partial charge in [0, 0.05) is 11.6 Å². The van der Waals surface area contributed by atoms with Crippen LogP contribution in [0.15, 0.2) is 24.3 Å². The van der Waals surface area contributed by atoms with Crippen molar-refractivity contribution in [2.75, 3.05) is 6.54 Å². The van der Waals surface area contributed by atoms with Gasteiger partial charge in [0.1, 0.15) is 5.82 Å². The summed E-state index contributed by atoms with van der Waals surface area (Å²) < 4.78 is 13.5. The smallest absolute Gasteiger partial charge is 0.127 e. The summed E-state index contributed by atoms with van der Waals surface area (Å²) in [6.07, 6.45) is 0.752. The number of halogens is 1. The van der Waals surface area contributed by atoms with Crippen LogP contribution in [0.25, 0.3) is 0 Å². The van der Waals surface area contributed by atoms with Crippen LogP contribution >= 0.6 is 0 Å². The summed E-state index contributed by atoms with van der Waals surface area (Å²) in [6.45, 7) is 6.44. The normalized spacial score (nSPS) is 13.1. The molecule has 0 saturated carbocycles. The van der Waals surface area contributed by atoms with Gasteiger partial charge in [0.25, 0.3) is 0 Å². The van der Waals surface area contributed by atoms with E-state index in [1.165, 1.54) is 6.07 Å². The maximum Gasteiger partial charge on any atom is 0.127 e. The lowest BCUT2D eigenvalue weighted by Crippen LogP contribution is -2.24. The minimum Gasteiger partial charge on any atom is -0.310 e. The molecule has 17 heavy (non-hydrogen) atoms. The van der Waals surface area contributed by atoms with E-state index in [1.807, 2.05) is 26.8 Å². The fraction of sp³-hybridized carbons (Fsp3) is 0.500. The van der Waals surface area contributed by atoms with Gasteiger partial charge in [-0.3, -0.25) is 0 Å². The molecule has 0 amide bonds. The maximum absolute atomic E-state index is 13.5. The Labute approximate surface area is 102 Å². The zero-order chi connectivity index (χ0) is 12.9. The summed E-state index contributed by atoms with van der Waals surface area (Å²) in [4.78, 5) is 0. The molecular formula is C14H19FN2. The molecule has 92 valence electrons. The first-order valence-electron chi connectivity index (χ1n) is 5.85. The van der Waals surface area contributed by atoms with Gasteiger partial charge in [-0.25, -0.2) is 4.39 Å². The van der Waals surface area contributed by atoms with E-state index in [0.717, 1.165) is 6.42 Å². The highest BCUT2D eigenvalue weighted by atomic mass is 19.1. The zero-order valence-electron chi connectivity index (χ0n) is 10.6. The van der Waals surface area contributed by atoms with E-state index in [-0.39, 0.29) is 17.3 Å². The molecule has 0 heterocycles. The number of hydrogen-bond donors (Lipinski definition) is 1. The van der Waals surface area contributed by atoms with Crippen LogP contribution in [-0.2, 0) is 0 Å². The predicted octanol–water partition coefficient (Wildman–Crippen LogP) is 3.42. The second kappa shape index (κ2) is 5.79. The molecular weight excluding hydrogens is 215 g/mol. The first-order chi connectivity index (χ1) is 7.96. The fourth-order valence-corrected chi connectivity index (χ4v) is 1.59. The van der Waals surface area contributed by atoms with E-state index in [2.05, 4.69) is 11.4 Å². The second-order valence-electron chi connectivity index (χ2n) is 4.94. The summed E-state index contributed by atoms with van der Waals surface area (Å²) >= 11 is 0. The monoisotopic (exact) mass is 234 g/mol. The first-order valence-corrected chi connectivity index (χ1v) is 5.85. The summed E-state index contributed by atoms with van der Waals surface area (Å²) in [5, 5.41) is 12.1. The van der Waals surface area contributed by atoms with Crippen LogP contribution < -0.4 is 5.32 Å². The van der Waals surface area contributed by atoms with Crippen LogP contribution in [-0.4, -0.2) is 6.54 Å². The second-order valence-corrected chi connectivity index (χ2v) is 4.94. The van der Waals surface area contributed by atoms with Gasteiger partial charge < -0.3 is 5.32 Å². The highest BCUT2D eigenvalue weighted by Gasteiger charge is 2.17. The lowest BCUT2D eigenvalue weighted by molar-refractivity contribution is 0.413. The molecule has 1 unspecified atom stereocenters. The van der Waals surface area contributed by atoms with Gasteiger partial charge in [-0.2, -0.15) is 5.26 Å². The molecule has 1 aromatic carbocycles. The molecule has 0 spiro atoms. The highest BCUT2D eigenvalue weighted by Crippen LogP contribution is 2.19. The van der Waals surface area contributed by atoms with Crippen LogP contribution in [0.4, 0.5) is 4.39 Å². The average molecular weight is 234 g/mol. The third kappa shape index (κ3) is 4.16. The summed E-state index contributed by atoms with van der Waals surface area (Å²) in [6, 6.07) is 8.97. The van der Waals surface area contributed by atoms with E-state index < -0.39 is 0 Å². The molecule has 1 atom stereocenters.